The molecular weight excluding hydrogens is 576 g/mol. The maximum atomic E-state index is 14.1. The zero-order chi connectivity index (χ0) is 32.3. The number of aromatic nitrogens is 1. The molecule has 4 atom stereocenters. The minimum Gasteiger partial charge on any atom is -0.390 e. The van der Waals surface area contributed by atoms with E-state index in [1.165, 1.54) is 30.6 Å². The molecule has 2 saturated carbocycles. The van der Waals surface area contributed by atoms with Crippen molar-refractivity contribution in [3.8, 4) is 0 Å². The molecule has 0 spiro atoms. The number of carbonyl (C=O) groups excluding carboxylic acids is 2. The van der Waals surface area contributed by atoms with Gasteiger partial charge in [0.2, 0.25) is 11.8 Å². The fourth-order valence-electron chi connectivity index (χ4n) is 7.10. The Morgan fingerprint density at radius 2 is 1.64 bits per heavy atom. The second-order valence-electron chi connectivity index (χ2n) is 14.8. The fourth-order valence-corrected chi connectivity index (χ4v) is 7.68. The van der Waals surface area contributed by atoms with Crippen molar-refractivity contribution in [2.24, 2.45) is 23.7 Å². The third-order valence-electron chi connectivity index (χ3n) is 9.36. The monoisotopic (exact) mass is 636 g/mol. The summed E-state index contributed by atoms with van der Waals surface area (Å²) in [4.78, 5) is 34.2. The van der Waals surface area contributed by atoms with Crippen LogP contribution < -0.4 is 11.1 Å². The van der Waals surface area contributed by atoms with Crippen molar-refractivity contribution < 1.29 is 24.9 Å². The average Bonchev–Trinajstić information content (AvgIpc) is 3.19. The summed E-state index contributed by atoms with van der Waals surface area (Å²) in [5.41, 5.74) is 5.50. The van der Waals surface area contributed by atoms with Crippen LogP contribution in [0.2, 0.25) is 0 Å². The van der Waals surface area contributed by atoms with Gasteiger partial charge >= 0.3 is 0 Å². The topological polar surface area (TPSA) is 149 Å². The van der Waals surface area contributed by atoms with Crippen molar-refractivity contribution in [3.05, 3.63) is 11.1 Å². The van der Waals surface area contributed by atoms with Gasteiger partial charge in [-0.25, -0.2) is 4.98 Å². The zero-order valence-corrected chi connectivity index (χ0v) is 28.5. The first-order valence-electron chi connectivity index (χ1n) is 17.2. The molecule has 9 nitrogen and oxygen atoms in total. The van der Waals surface area contributed by atoms with Crippen molar-refractivity contribution >= 4 is 28.3 Å². The summed E-state index contributed by atoms with van der Waals surface area (Å²) < 4.78 is 0. The summed E-state index contributed by atoms with van der Waals surface area (Å²) in [5, 5.41) is 38.2. The SMILES string of the molecule is CC(C)C[C@H](O)[C@H](O)[C@H](CC1CCCCC1)NC(=O)[C@@H](CC(=O)N(CC1CCCCCC1)CC(C)(C)O)Cc1csc(N)n1. The Morgan fingerprint density at radius 3 is 2.18 bits per heavy atom. The van der Waals surface area contributed by atoms with Gasteiger partial charge in [-0.15, -0.1) is 11.3 Å². The van der Waals surface area contributed by atoms with Gasteiger partial charge in [0, 0.05) is 31.3 Å². The van der Waals surface area contributed by atoms with Crippen LogP contribution in [-0.2, 0) is 16.0 Å². The summed E-state index contributed by atoms with van der Waals surface area (Å²) in [6.45, 7) is 8.20. The fraction of sp³-hybridized carbons (Fsp3) is 0.853. The number of hydrogen-bond donors (Lipinski definition) is 5. The molecule has 1 aromatic heterocycles. The minimum absolute atomic E-state index is 0.0349. The Balaban J connectivity index is 1.82. The maximum absolute atomic E-state index is 14.1. The molecule has 0 aromatic carbocycles. The Kier molecular flexibility index (Phi) is 14.9. The highest BCUT2D eigenvalue weighted by atomic mass is 32.1. The van der Waals surface area contributed by atoms with Gasteiger partial charge in [-0.1, -0.05) is 71.6 Å². The lowest BCUT2D eigenvalue weighted by Crippen LogP contribution is -2.52. The first-order chi connectivity index (χ1) is 20.8. The molecule has 252 valence electrons. The predicted molar refractivity (Wildman–Crippen MR) is 177 cm³/mol. The number of nitrogens with one attached hydrogen (secondary N) is 1. The van der Waals surface area contributed by atoms with E-state index in [2.05, 4.69) is 10.3 Å². The van der Waals surface area contributed by atoms with Gasteiger partial charge in [0.1, 0.15) is 6.10 Å². The average molecular weight is 637 g/mol. The standard InChI is InChI=1S/C34H60N4O5S/c1-23(2)16-29(39)31(41)28(17-24-12-10-7-11-13-24)37-32(42)26(18-27-21-44-33(35)36-27)19-30(40)38(22-34(3,4)43)20-25-14-8-5-6-9-15-25/h21,23-26,28-29,31,39,41,43H,5-20,22H2,1-4H3,(H2,35,36)(H,37,42)/t26-,28+,29+,31-/m1/s1. The van der Waals surface area contributed by atoms with Gasteiger partial charge in [0.15, 0.2) is 5.13 Å². The molecule has 0 radical (unpaired) electrons. The van der Waals surface area contributed by atoms with Crippen LogP contribution in [0.15, 0.2) is 5.38 Å². The van der Waals surface area contributed by atoms with Crippen molar-refractivity contribution in [3.63, 3.8) is 0 Å². The molecule has 2 aliphatic rings. The summed E-state index contributed by atoms with van der Waals surface area (Å²) in [6.07, 6.45) is 11.6. The first kappa shape index (κ1) is 36.7. The van der Waals surface area contributed by atoms with E-state index in [0.29, 0.717) is 42.0 Å². The molecule has 2 fully saturated rings. The lowest BCUT2D eigenvalue weighted by Gasteiger charge is -2.34. The number of thiazole rings is 1. The van der Waals surface area contributed by atoms with E-state index in [-0.39, 0.29) is 37.1 Å². The van der Waals surface area contributed by atoms with Crippen LogP contribution in [0, 0.1) is 23.7 Å². The number of anilines is 1. The van der Waals surface area contributed by atoms with Crippen LogP contribution in [0.3, 0.4) is 0 Å². The van der Waals surface area contributed by atoms with E-state index in [4.69, 9.17) is 5.73 Å². The first-order valence-corrected chi connectivity index (χ1v) is 18.0. The highest BCUT2D eigenvalue weighted by Crippen LogP contribution is 2.30. The molecule has 1 aromatic rings. The summed E-state index contributed by atoms with van der Waals surface area (Å²) >= 11 is 1.30. The van der Waals surface area contributed by atoms with Crippen LogP contribution in [0.25, 0.3) is 0 Å². The number of nitrogen functional groups attached to an aromatic ring is 1. The molecule has 0 bridgehead atoms. The highest BCUT2D eigenvalue weighted by Gasteiger charge is 2.35. The number of rotatable bonds is 16. The van der Waals surface area contributed by atoms with Crippen LogP contribution in [0.1, 0.15) is 123 Å². The van der Waals surface area contributed by atoms with Crippen molar-refractivity contribution in [2.45, 2.75) is 148 Å². The molecule has 0 unspecified atom stereocenters. The Hall–Kier alpha value is -1.75. The Labute approximate surface area is 269 Å². The zero-order valence-electron chi connectivity index (χ0n) is 27.7. The van der Waals surface area contributed by atoms with E-state index in [1.54, 1.807) is 18.7 Å². The summed E-state index contributed by atoms with van der Waals surface area (Å²) in [7, 11) is 0. The van der Waals surface area contributed by atoms with E-state index in [9.17, 15) is 24.9 Å². The third-order valence-corrected chi connectivity index (χ3v) is 10.1. The maximum Gasteiger partial charge on any atom is 0.224 e. The van der Waals surface area contributed by atoms with E-state index < -0.39 is 29.8 Å². The van der Waals surface area contributed by atoms with Gasteiger partial charge in [0.05, 0.1) is 29.4 Å². The van der Waals surface area contributed by atoms with E-state index in [1.807, 2.05) is 19.2 Å². The number of hydrogen-bond acceptors (Lipinski definition) is 8. The third kappa shape index (κ3) is 12.9. The molecule has 6 N–H and O–H groups in total. The van der Waals surface area contributed by atoms with Crippen LogP contribution in [-0.4, -0.2) is 74.0 Å². The normalized spacial score (nSPS) is 20.1. The van der Waals surface area contributed by atoms with Crippen LogP contribution in [0.4, 0.5) is 5.13 Å². The van der Waals surface area contributed by atoms with Crippen molar-refractivity contribution in [2.75, 3.05) is 18.8 Å². The van der Waals surface area contributed by atoms with Crippen molar-refractivity contribution in [1.82, 2.24) is 15.2 Å². The Bertz CT molecular complexity index is 998. The van der Waals surface area contributed by atoms with E-state index >= 15 is 0 Å². The smallest absolute Gasteiger partial charge is 0.224 e. The number of nitrogens with zero attached hydrogens (tertiary/aromatic N) is 2. The van der Waals surface area contributed by atoms with Gasteiger partial charge in [-0.05, 0) is 57.3 Å². The minimum atomic E-state index is -1.10. The number of nitrogens with two attached hydrogens (primary N) is 1. The number of aliphatic hydroxyl groups excluding tert-OH is 2. The van der Waals surface area contributed by atoms with Crippen LogP contribution >= 0.6 is 11.3 Å². The Morgan fingerprint density at radius 1 is 1.05 bits per heavy atom. The van der Waals surface area contributed by atoms with Crippen LogP contribution in [0.5, 0.6) is 0 Å². The molecule has 1 heterocycles. The summed E-state index contributed by atoms with van der Waals surface area (Å²) in [5.74, 6) is -0.266. The molecule has 2 amide bonds. The quantitative estimate of drug-likeness (QED) is 0.159. The highest BCUT2D eigenvalue weighted by molar-refractivity contribution is 7.13. The lowest BCUT2D eigenvalue weighted by molar-refractivity contribution is -0.140. The molecule has 0 aliphatic heterocycles. The van der Waals surface area contributed by atoms with Gasteiger partial charge in [0.25, 0.3) is 0 Å². The molecule has 10 heteroatoms. The summed E-state index contributed by atoms with van der Waals surface area (Å²) in [6, 6.07) is -0.615. The second kappa shape index (κ2) is 17.8. The predicted octanol–water partition coefficient (Wildman–Crippen LogP) is 5.07. The second-order valence-corrected chi connectivity index (χ2v) is 15.7. The van der Waals surface area contributed by atoms with Gasteiger partial charge < -0.3 is 31.3 Å². The molecular formula is C34H60N4O5S. The lowest BCUT2D eigenvalue weighted by atomic mass is 9.82. The van der Waals surface area contributed by atoms with Gasteiger partial charge in [-0.3, -0.25) is 9.59 Å². The number of carbonyl (C=O) groups is 2. The van der Waals surface area contributed by atoms with E-state index in [0.717, 1.165) is 51.4 Å². The molecule has 2 aliphatic carbocycles. The molecule has 44 heavy (non-hydrogen) atoms. The molecule has 0 saturated heterocycles. The van der Waals surface area contributed by atoms with Gasteiger partial charge in [-0.2, -0.15) is 0 Å². The van der Waals surface area contributed by atoms with Crippen molar-refractivity contribution in [1.29, 1.82) is 0 Å². The largest absolute Gasteiger partial charge is 0.390 e. The number of aliphatic hydroxyl groups is 3. The number of amides is 2. The molecule has 3 rings (SSSR count).